The molecule has 1 aromatic carbocycles. The molecule has 0 radical (unpaired) electrons. The Morgan fingerprint density at radius 2 is 1.70 bits per heavy atom. The number of hydrogen-bond acceptors (Lipinski definition) is 3. The third kappa shape index (κ3) is 3.10. The second-order valence-corrected chi connectivity index (χ2v) is 6.95. The van der Waals surface area contributed by atoms with Gasteiger partial charge in [-0.15, -0.1) is 0 Å². The summed E-state index contributed by atoms with van der Waals surface area (Å²) in [4.78, 5) is 24.5. The summed E-state index contributed by atoms with van der Waals surface area (Å²) in [6, 6.07) is 6.81. The molecule has 23 heavy (non-hydrogen) atoms. The second-order valence-electron chi connectivity index (χ2n) is 6.95. The number of carbonyl (C=O) groups excluding carboxylic acids is 2. The molecule has 0 aliphatic heterocycles. The molecule has 2 aliphatic carbocycles. The Bertz CT molecular complexity index is 651. The van der Waals surface area contributed by atoms with E-state index in [0.29, 0.717) is 35.0 Å². The minimum atomic E-state index is -0.531. The fraction of sp³-hybridized carbons (Fsp3) is 0.500. The van der Waals surface area contributed by atoms with Crippen LogP contribution < -0.4 is 0 Å². The number of benzene rings is 1. The molecule has 0 spiro atoms. The predicted molar refractivity (Wildman–Crippen MR) is 90.3 cm³/mol. The summed E-state index contributed by atoms with van der Waals surface area (Å²) in [7, 11) is 0. The van der Waals surface area contributed by atoms with Gasteiger partial charge in [-0.25, -0.2) is 0 Å². The van der Waals surface area contributed by atoms with Gasteiger partial charge in [-0.3, -0.25) is 9.59 Å². The molecule has 1 aromatic rings. The van der Waals surface area contributed by atoms with E-state index < -0.39 is 11.6 Å². The van der Waals surface area contributed by atoms with E-state index in [4.69, 9.17) is 0 Å². The van der Waals surface area contributed by atoms with Crippen LogP contribution in [0.3, 0.4) is 0 Å². The summed E-state index contributed by atoms with van der Waals surface area (Å²) in [6.07, 6.45) is 7.80. The number of rotatable bonds is 4. The lowest BCUT2D eigenvalue weighted by Crippen LogP contribution is -2.25. The molecule has 0 saturated heterocycles. The van der Waals surface area contributed by atoms with Gasteiger partial charge in [0.1, 0.15) is 5.76 Å². The Balaban J connectivity index is 1.76. The second kappa shape index (κ2) is 6.69. The molecule has 1 fully saturated rings. The van der Waals surface area contributed by atoms with E-state index in [1.165, 1.54) is 32.1 Å². The van der Waals surface area contributed by atoms with Crippen LogP contribution in [0.4, 0.5) is 0 Å². The lowest BCUT2D eigenvalue weighted by atomic mass is 9.77. The molecule has 0 amide bonds. The first-order valence-corrected chi connectivity index (χ1v) is 8.70. The van der Waals surface area contributed by atoms with Crippen molar-refractivity contribution in [1.29, 1.82) is 0 Å². The SMILES string of the molecule is CC(CCC1=C(O)c2ccccc2C(=O)C1=O)C1CCCCC1. The largest absolute Gasteiger partial charge is 0.507 e. The quantitative estimate of drug-likeness (QED) is 0.819. The van der Waals surface area contributed by atoms with E-state index in [1.807, 2.05) is 0 Å². The first kappa shape index (κ1) is 16.0. The van der Waals surface area contributed by atoms with Crippen LogP contribution in [0.15, 0.2) is 29.8 Å². The van der Waals surface area contributed by atoms with Crippen molar-refractivity contribution in [3.05, 3.63) is 41.0 Å². The number of aliphatic hydroxyl groups is 1. The van der Waals surface area contributed by atoms with Gasteiger partial charge in [-0.05, 0) is 24.7 Å². The van der Waals surface area contributed by atoms with E-state index >= 15 is 0 Å². The van der Waals surface area contributed by atoms with Crippen LogP contribution in [0.1, 0.15) is 67.8 Å². The molecule has 1 unspecified atom stereocenters. The summed E-state index contributed by atoms with van der Waals surface area (Å²) in [5, 5.41) is 10.4. The van der Waals surface area contributed by atoms with Gasteiger partial charge < -0.3 is 5.11 Å². The molecule has 0 bridgehead atoms. The van der Waals surface area contributed by atoms with Crippen molar-refractivity contribution < 1.29 is 14.7 Å². The normalized spacial score (nSPS) is 20.6. The van der Waals surface area contributed by atoms with Gasteiger partial charge in [0.25, 0.3) is 0 Å². The fourth-order valence-corrected chi connectivity index (χ4v) is 3.96. The van der Waals surface area contributed by atoms with Gasteiger partial charge in [-0.1, -0.05) is 63.3 Å². The number of allylic oxidation sites excluding steroid dienone is 1. The molecule has 1 saturated carbocycles. The Labute approximate surface area is 137 Å². The molecule has 1 atom stereocenters. The molecule has 3 nitrogen and oxygen atoms in total. The molecule has 2 aliphatic rings. The number of ketones is 2. The van der Waals surface area contributed by atoms with Crippen molar-refractivity contribution in [2.45, 2.75) is 51.9 Å². The number of carbonyl (C=O) groups is 2. The van der Waals surface area contributed by atoms with Crippen LogP contribution in [0.25, 0.3) is 5.76 Å². The van der Waals surface area contributed by atoms with Crippen molar-refractivity contribution in [2.24, 2.45) is 11.8 Å². The minimum absolute atomic E-state index is 0.000967. The maximum atomic E-state index is 12.3. The fourth-order valence-electron chi connectivity index (χ4n) is 3.96. The summed E-state index contributed by atoms with van der Waals surface area (Å²) >= 11 is 0. The lowest BCUT2D eigenvalue weighted by Gasteiger charge is -2.28. The molecule has 3 rings (SSSR count). The van der Waals surface area contributed by atoms with Crippen LogP contribution in [0.2, 0.25) is 0 Å². The molecular formula is C20H24O3. The van der Waals surface area contributed by atoms with E-state index in [-0.39, 0.29) is 5.76 Å². The maximum Gasteiger partial charge on any atom is 0.234 e. The number of fused-ring (bicyclic) bond motifs is 1. The van der Waals surface area contributed by atoms with Crippen LogP contribution in [0.5, 0.6) is 0 Å². The molecule has 122 valence electrons. The average molecular weight is 312 g/mol. The van der Waals surface area contributed by atoms with Gasteiger partial charge in [0.05, 0.1) is 0 Å². The van der Waals surface area contributed by atoms with Crippen LogP contribution in [-0.2, 0) is 4.79 Å². The summed E-state index contributed by atoms with van der Waals surface area (Å²) < 4.78 is 0. The summed E-state index contributed by atoms with van der Waals surface area (Å²) in [5.41, 5.74) is 1.12. The third-order valence-corrected chi connectivity index (χ3v) is 5.50. The zero-order valence-corrected chi connectivity index (χ0v) is 13.7. The first-order chi connectivity index (χ1) is 11.1. The smallest absolute Gasteiger partial charge is 0.234 e. The van der Waals surface area contributed by atoms with E-state index in [1.54, 1.807) is 24.3 Å². The van der Waals surface area contributed by atoms with E-state index in [9.17, 15) is 14.7 Å². The topological polar surface area (TPSA) is 54.4 Å². The number of hydrogen-bond donors (Lipinski definition) is 1. The van der Waals surface area contributed by atoms with Gasteiger partial charge >= 0.3 is 0 Å². The maximum absolute atomic E-state index is 12.3. The zero-order valence-electron chi connectivity index (χ0n) is 13.7. The third-order valence-electron chi connectivity index (χ3n) is 5.50. The Hall–Kier alpha value is -1.90. The predicted octanol–water partition coefficient (Wildman–Crippen LogP) is 4.72. The van der Waals surface area contributed by atoms with Gasteiger partial charge in [0.15, 0.2) is 0 Å². The highest BCUT2D eigenvalue weighted by Gasteiger charge is 2.32. The average Bonchev–Trinajstić information content (AvgIpc) is 2.60. The Kier molecular flexibility index (Phi) is 4.65. The highest BCUT2D eigenvalue weighted by molar-refractivity contribution is 6.52. The standard InChI is InChI=1S/C20H24O3/c1-13(14-7-3-2-4-8-14)11-12-17-18(21)15-9-5-6-10-16(15)19(22)20(17)23/h5-6,9-10,13-14,21H,2-4,7-8,11-12H2,1H3. The molecule has 0 heterocycles. The van der Waals surface area contributed by atoms with E-state index in [2.05, 4.69) is 6.92 Å². The molecule has 3 heteroatoms. The van der Waals surface area contributed by atoms with Crippen molar-refractivity contribution in [1.82, 2.24) is 0 Å². The molecule has 0 aromatic heterocycles. The van der Waals surface area contributed by atoms with Crippen LogP contribution >= 0.6 is 0 Å². The van der Waals surface area contributed by atoms with Crippen molar-refractivity contribution in [3.8, 4) is 0 Å². The monoisotopic (exact) mass is 312 g/mol. The zero-order chi connectivity index (χ0) is 16.4. The van der Waals surface area contributed by atoms with Crippen molar-refractivity contribution in [3.63, 3.8) is 0 Å². The highest BCUT2D eigenvalue weighted by atomic mass is 16.3. The number of aliphatic hydroxyl groups excluding tert-OH is 1. The van der Waals surface area contributed by atoms with Gasteiger partial charge in [0.2, 0.25) is 11.6 Å². The minimum Gasteiger partial charge on any atom is -0.507 e. The summed E-state index contributed by atoms with van der Waals surface area (Å²) in [6.45, 7) is 2.23. The van der Waals surface area contributed by atoms with E-state index in [0.717, 1.165) is 6.42 Å². The van der Waals surface area contributed by atoms with Crippen molar-refractivity contribution in [2.75, 3.05) is 0 Å². The van der Waals surface area contributed by atoms with Crippen LogP contribution in [0, 0.1) is 11.8 Å². The van der Waals surface area contributed by atoms with Gasteiger partial charge in [0, 0.05) is 16.7 Å². The Morgan fingerprint density at radius 1 is 1.04 bits per heavy atom. The lowest BCUT2D eigenvalue weighted by molar-refractivity contribution is -0.112. The summed E-state index contributed by atoms with van der Waals surface area (Å²) in [5.74, 6) is 0.223. The molecule has 1 N–H and O–H groups in total. The van der Waals surface area contributed by atoms with Crippen LogP contribution in [-0.4, -0.2) is 16.7 Å². The van der Waals surface area contributed by atoms with Gasteiger partial charge in [-0.2, -0.15) is 0 Å². The number of Topliss-reactive ketones (excluding diaryl/α,β-unsaturated/α-hetero) is 2. The van der Waals surface area contributed by atoms with Crippen molar-refractivity contribution >= 4 is 17.3 Å². The highest BCUT2D eigenvalue weighted by Crippen LogP contribution is 2.35. The molecular weight excluding hydrogens is 288 g/mol. The Morgan fingerprint density at radius 3 is 2.39 bits per heavy atom. The first-order valence-electron chi connectivity index (χ1n) is 8.70.